The molecule has 8 nitrogen and oxygen atoms in total. The third kappa shape index (κ3) is 4.18. The van der Waals surface area contributed by atoms with Crippen molar-refractivity contribution in [3.63, 3.8) is 0 Å². The van der Waals surface area contributed by atoms with Gasteiger partial charge in [0, 0.05) is 0 Å². The molecule has 2 heterocycles. The van der Waals surface area contributed by atoms with Crippen LogP contribution in [-0.4, -0.2) is 41.7 Å². The Bertz CT molecular complexity index is 917. The van der Waals surface area contributed by atoms with E-state index in [9.17, 15) is 14.4 Å². The van der Waals surface area contributed by atoms with E-state index in [-0.39, 0.29) is 24.7 Å². The van der Waals surface area contributed by atoms with Gasteiger partial charge in [0.25, 0.3) is 5.91 Å². The summed E-state index contributed by atoms with van der Waals surface area (Å²) in [6.07, 6.45) is 2.89. The second-order valence-corrected chi connectivity index (χ2v) is 9.92. The van der Waals surface area contributed by atoms with Gasteiger partial charge >= 0.3 is 12.0 Å². The Labute approximate surface area is 186 Å². The minimum Gasteiger partial charge on any atom is -0.459 e. The molecule has 0 unspecified atom stereocenters. The number of fused-ring (bicyclic) bond motifs is 1. The summed E-state index contributed by atoms with van der Waals surface area (Å²) in [7, 11) is 0. The van der Waals surface area contributed by atoms with Crippen LogP contribution < -0.4 is 14.8 Å². The number of carbonyl (C=O) groups excluding carboxylic acids is 3. The van der Waals surface area contributed by atoms with Gasteiger partial charge in [-0.05, 0) is 54.7 Å². The maximum atomic E-state index is 13.0. The Morgan fingerprint density at radius 2 is 1.97 bits per heavy atom. The lowest BCUT2D eigenvalue weighted by Crippen LogP contribution is -2.50. The minimum atomic E-state index is -0.899. The van der Waals surface area contributed by atoms with E-state index in [1.165, 1.54) is 0 Å². The summed E-state index contributed by atoms with van der Waals surface area (Å²) in [6.45, 7) is 6.19. The van der Waals surface area contributed by atoms with E-state index in [0.29, 0.717) is 40.8 Å². The number of urea groups is 1. The zero-order valence-corrected chi connectivity index (χ0v) is 18.7. The lowest BCUT2D eigenvalue weighted by atomic mass is 9.67. The molecule has 3 amide bonds. The van der Waals surface area contributed by atoms with Gasteiger partial charge < -0.3 is 19.5 Å². The first-order valence-electron chi connectivity index (χ1n) is 10.5. The lowest BCUT2D eigenvalue weighted by molar-refractivity contribution is -0.149. The van der Waals surface area contributed by atoms with Gasteiger partial charge in [-0.15, -0.1) is 0 Å². The quantitative estimate of drug-likeness (QED) is 0.556. The van der Waals surface area contributed by atoms with Crippen molar-refractivity contribution in [3.8, 4) is 11.5 Å². The largest absolute Gasteiger partial charge is 0.459 e. The van der Waals surface area contributed by atoms with Crippen molar-refractivity contribution in [1.82, 2.24) is 10.2 Å². The van der Waals surface area contributed by atoms with Crippen LogP contribution in [0.3, 0.4) is 0 Å². The SMILES string of the molecule is CC(C)(C)C1CCC2(CC1)NC(=O)N(CC(=O)OCc1cc(Cl)c3c(c1)OCO3)C2=O. The van der Waals surface area contributed by atoms with Crippen LogP contribution in [0.2, 0.25) is 5.02 Å². The number of esters is 1. The Balaban J connectivity index is 1.34. The zero-order chi connectivity index (χ0) is 22.4. The number of carbonyl (C=O) groups is 3. The van der Waals surface area contributed by atoms with Gasteiger partial charge in [0.2, 0.25) is 6.79 Å². The molecule has 1 spiro atoms. The normalized spacial score (nSPS) is 25.2. The molecule has 9 heteroatoms. The maximum absolute atomic E-state index is 13.0. The van der Waals surface area contributed by atoms with Crippen LogP contribution in [0.25, 0.3) is 0 Å². The molecule has 0 bridgehead atoms. The van der Waals surface area contributed by atoms with Gasteiger partial charge in [0.15, 0.2) is 11.5 Å². The Hall–Kier alpha value is -2.48. The van der Waals surface area contributed by atoms with Crippen LogP contribution in [0.15, 0.2) is 12.1 Å². The molecule has 4 rings (SSSR count). The van der Waals surface area contributed by atoms with Gasteiger partial charge in [-0.3, -0.25) is 14.5 Å². The molecule has 0 aromatic heterocycles. The van der Waals surface area contributed by atoms with Gasteiger partial charge in [-0.1, -0.05) is 32.4 Å². The number of hydrogen-bond acceptors (Lipinski definition) is 6. The maximum Gasteiger partial charge on any atom is 0.326 e. The molecule has 1 N–H and O–H groups in total. The molecule has 1 aliphatic carbocycles. The number of nitrogens with zero attached hydrogens (tertiary/aromatic N) is 1. The predicted octanol–water partition coefficient (Wildman–Crippen LogP) is 3.64. The van der Waals surface area contributed by atoms with E-state index in [1.807, 2.05) is 0 Å². The van der Waals surface area contributed by atoms with Crippen LogP contribution >= 0.6 is 11.6 Å². The molecule has 1 saturated carbocycles. The van der Waals surface area contributed by atoms with Gasteiger partial charge in [0.05, 0.1) is 5.02 Å². The van der Waals surface area contributed by atoms with E-state index >= 15 is 0 Å². The molecule has 1 aromatic carbocycles. The fraction of sp³-hybridized carbons (Fsp3) is 0.591. The first-order valence-corrected chi connectivity index (χ1v) is 10.8. The summed E-state index contributed by atoms with van der Waals surface area (Å²) in [5.74, 6) is 0.434. The summed E-state index contributed by atoms with van der Waals surface area (Å²) in [4.78, 5) is 38.8. The standard InChI is InChI=1S/C22H27ClN2O6/c1-21(2,3)14-4-6-22(7-5-14)19(27)25(20(28)24-22)10-17(26)29-11-13-8-15(23)18-16(9-13)30-12-31-18/h8-9,14H,4-7,10-12H2,1-3H3,(H,24,28). The van der Waals surface area contributed by atoms with E-state index in [1.54, 1.807) is 12.1 Å². The molecule has 0 radical (unpaired) electrons. The van der Waals surface area contributed by atoms with Crippen molar-refractivity contribution < 1.29 is 28.6 Å². The molecular weight excluding hydrogens is 424 g/mol. The molecule has 168 valence electrons. The molecule has 3 aliphatic rings. The van der Waals surface area contributed by atoms with Crippen molar-refractivity contribution in [2.75, 3.05) is 13.3 Å². The predicted molar refractivity (Wildman–Crippen MR) is 112 cm³/mol. The van der Waals surface area contributed by atoms with Crippen LogP contribution in [0, 0.1) is 11.3 Å². The number of ether oxygens (including phenoxy) is 3. The fourth-order valence-electron chi connectivity index (χ4n) is 4.58. The third-order valence-electron chi connectivity index (χ3n) is 6.48. The number of nitrogens with one attached hydrogen (secondary N) is 1. The summed E-state index contributed by atoms with van der Waals surface area (Å²) < 4.78 is 15.8. The first-order chi connectivity index (χ1) is 14.6. The summed E-state index contributed by atoms with van der Waals surface area (Å²) in [6, 6.07) is 2.76. The average Bonchev–Trinajstić information content (AvgIpc) is 3.26. The molecule has 2 aliphatic heterocycles. The molecule has 31 heavy (non-hydrogen) atoms. The van der Waals surface area contributed by atoms with E-state index in [2.05, 4.69) is 26.1 Å². The fourth-order valence-corrected chi connectivity index (χ4v) is 4.87. The number of halogens is 1. The molecule has 1 saturated heterocycles. The van der Waals surface area contributed by atoms with Crippen molar-refractivity contribution in [1.29, 1.82) is 0 Å². The Morgan fingerprint density at radius 3 is 2.65 bits per heavy atom. The van der Waals surface area contributed by atoms with E-state index in [0.717, 1.165) is 17.7 Å². The monoisotopic (exact) mass is 450 g/mol. The number of benzene rings is 1. The third-order valence-corrected chi connectivity index (χ3v) is 6.76. The van der Waals surface area contributed by atoms with Crippen LogP contribution in [0.5, 0.6) is 11.5 Å². The highest BCUT2D eigenvalue weighted by Gasteiger charge is 2.53. The average molecular weight is 451 g/mol. The molecule has 0 atom stereocenters. The van der Waals surface area contributed by atoms with Crippen LogP contribution in [0.1, 0.15) is 52.0 Å². The summed E-state index contributed by atoms with van der Waals surface area (Å²) in [5, 5.41) is 3.20. The number of imide groups is 1. The van der Waals surface area contributed by atoms with Crippen LogP contribution in [0.4, 0.5) is 4.79 Å². The van der Waals surface area contributed by atoms with E-state index in [4.69, 9.17) is 25.8 Å². The van der Waals surface area contributed by atoms with Crippen molar-refractivity contribution in [3.05, 3.63) is 22.7 Å². The highest BCUT2D eigenvalue weighted by molar-refractivity contribution is 6.32. The topological polar surface area (TPSA) is 94.2 Å². The van der Waals surface area contributed by atoms with Crippen molar-refractivity contribution in [2.24, 2.45) is 11.3 Å². The second kappa shape index (κ2) is 7.89. The molecule has 1 aromatic rings. The Kier molecular flexibility index (Phi) is 5.54. The highest BCUT2D eigenvalue weighted by atomic mass is 35.5. The zero-order valence-electron chi connectivity index (χ0n) is 18.0. The smallest absolute Gasteiger partial charge is 0.326 e. The highest BCUT2D eigenvalue weighted by Crippen LogP contribution is 2.43. The number of hydrogen-bond donors (Lipinski definition) is 1. The van der Waals surface area contributed by atoms with Gasteiger partial charge in [-0.25, -0.2) is 4.79 Å². The molecular formula is C22H27ClN2O6. The van der Waals surface area contributed by atoms with Gasteiger partial charge in [0.1, 0.15) is 18.7 Å². The number of rotatable bonds is 4. The molecule has 2 fully saturated rings. The summed E-state index contributed by atoms with van der Waals surface area (Å²) in [5.41, 5.74) is -0.116. The number of amides is 3. The first kappa shape index (κ1) is 21.7. The van der Waals surface area contributed by atoms with E-state index < -0.39 is 24.1 Å². The lowest BCUT2D eigenvalue weighted by Gasteiger charge is -2.40. The van der Waals surface area contributed by atoms with Gasteiger partial charge in [-0.2, -0.15) is 0 Å². The van der Waals surface area contributed by atoms with Crippen molar-refractivity contribution in [2.45, 2.75) is 58.6 Å². The van der Waals surface area contributed by atoms with Crippen molar-refractivity contribution >= 4 is 29.5 Å². The second-order valence-electron chi connectivity index (χ2n) is 9.52. The minimum absolute atomic E-state index is 0.0583. The van der Waals surface area contributed by atoms with Crippen LogP contribution in [-0.2, 0) is 20.9 Å². The Morgan fingerprint density at radius 1 is 1.26 bits per heavy atom. The summed E-state index contributed by atoms with van der Waals surface area (Å²) >= 11 is 6.14.